The minimum Gasteiger partial charge on any atom is -0.487 e. The molecular formula is C13H18INO. The Hall–Kier alpha value is -0.290. The molecule has 0 aliphatic heterocycles. The summed E-state index contributed by atoms with van der Waals surface area (Å²) in [4.78, 5) is 0. The van der Waals surface area contributed by atoms with Crippen LogP contribution in [0.5, 0.6) is 5.75 Å². The van der Waals surface area contributed by atoms with Crippen LogP contribution in [0.25, 0.3) is 0 Å². The molecule has 0 bridgehead atoms. The smallest absolute Gasteiger partial charge is 0.121 e. The Morgan fingerprint density at radius 3 is 2.81 bits per heavy atom. The van der Waals surface area contributed by atoms with Crippen molar-refractivity contribution in [2.45, 2.75) is 31.3 Å². The van der Waals surface area contributed by atoms with Crippen molar-refractivity contribution in [2.24, 2.45) is 0 Å². The number of nitrogens with one attached hydrogen (secondary N) is 1. The first-order chi connectivity index (χ1) is 7.74. The van der Waals surface area contributed by atoms with E-state index < -0.39 is 0 Å². The molecule has 0 heterocycles. The quantitative estimate of drug-likeness (QED) is 0.837. The molecule has 1 aromatic rings. The van der Waals surface area contributed by atoms with Gasteiger partial charge in [-0.3, -0.25) is 0 Å². The molecule has 0 radical (unpaired) electrons. The zero-order chi connectivity index (χ0) is 11.4. The van der Waals surface area contributed by atoms with Gasteiger partial charge in [0.25, 0.3) is 0 Å². The molecule has 88 valence electrons. The van der Waals surface area contributed by atoms with E-state index in [9.17, 15) is 0 Å². The Bertz CT molecular complexity index is 350. The van der Waals surface area contributed by atoms with Crippen LogP contribution in [0.2, 0.25) is 0 Å². The third kappa shape index (κ3) is 2.88. The van der Waals surface area contributed by atoms with Crippen molar-refractivity contribution in [1.82, 2.24) is 5.32 Å². The van der Waals surface area contributed by atoms with Crippen LogP contribution in [0.3, 0.4) is 0 Å². The van der Waals surface area contributed by atoms with Crippen molar-refractivity contribution < 1.29 is 4.74 Å². The van der Waals surface area contributed by atoms with E-state index in [4.69, 9.17) is 4.74 Å². The monoisotopic (exact) mass is 331 g/mol. The highest BCUT2D eigenvalue weighted by Gasteiger charge is 2.38. The summed E-state index contributed by atoms with van der Waals surface area (Å²) in [6, 6.07) is 8.32. The van der Waals surface area contributed by atoms with Gasteiger partial charge in [0.1, 0.15) is 11.4 Å². The van der Waals surface area contributed by atoms with Gasteiger partial charge in [0.2, 0.25) is 0 Å². The molecule has 0 aromatic heterocycles. The molecule has 2 nitrogen and oxygen atoms in total. The van der Waals surface area contributed by atoms with E-state index in [1.807, 2.05) is 7.05 Å². The Morgan fingerprint density at radius 1 is 1.44 bits per heavy atom. The van der Waals surface area contributed by atoms with E-state index in [-0.39, 0.29) is 5.60 Å². The van der Waals surface area contributed by atoms with Gasteiger partial charge in [0.15, 0.2) is 0 Å². The topological polar surface area (TPSA) is 21.3 Å². The summed E-state index contributed by atoms with van der Waals surface area (Å²) in [7, 11) is 2.00. The molecule has 1 aromatic carbocycles. The van der Waals surface area contributed by atoms with E-state index in [0.29, 0.717) is 0 Å². The molecule has 0 spiro atoms. The third-order valence-electron chi connectivity index (χ3n) is 3.23. The molecular weight excluding hydrogens is 313 g/mol. The summed E-state index contributed by atoms with van der Waals surface area (Å²) in [5.74, 6) is 1.02. The maximum atomic E-state index is 6.18. The fraction of sp³-hybridized carbons (Fsp3) is 0.538. The Balaban J connectivity index is 2.01. The third-order valence-corrected chi connectivity index (χ3v) is 3.90. The molecule has 16 heavy (non-hydrogen) atoms. The first-order valence-corrected chi connectivity index (χ1v) is 6.91. The summed E-state index contributed by atoms with van der Waals surface area (Å²) in [6.45, 7) is 1.03. The summed E-state index contributed by atoms with van der Waals surface area (Å²) in [6.07, 6.45) is 4.79. The first-order valence-electron chi connectivity index (χ1n) is 5.83. The molecule has 0 unspecified atom stereocenters. The fourth-order valence-electron chi connectivity index (χ4n) is 2.11. The van der Waals surface area contributed by atoms with Crippen molar-refractivity contribution in [2.75, 3.05) is 13.6 Å². The van der Waals surface area contributed by atoms with Gasteiger partial charge in [0, 0.05) is 3.57 Å². The van der Waals surface area contributed by atoms with Gasteiger partial charge in [0.05, 0.1) is 0 Å². The van der Waals surface area contributed by atoms with E-state index in [2.05, 4.69) is 52.2 Å². The van der Waals surface area contributed by atoms with Crippen LogP contribution in [0.15, 0.2) is 24.3 Å². The lowest BCUT2D eigenvalue weighted by Gasteiger charge is -2.42. The molecule has 1 N–H and O–H groups in total. The molecule has 1 saturated carbocycles. The molecule has 1 fully saturated rings. The molecule has 0 saturated heterocycles. The number of hydrogen-bond donors (Lipinski definition) is 1. The van der Waals surface area contributed by atoms with E-state index in [0.717, 1.165) is 18.7 Å². The van der Waals surface area contributed by atoms with Crippen LogP contribution in [-0.2, 0) is 0 Å². The molecule has 2 rings (SSSR count). The van der Waals surface area contributed by atoms with Crippen molar-refractivity contribution in [3.05, 3.63) is 27.8 Å². The largest absolute Gasteiger partial charge is 0.487 e. The van der Waals surface area contributed by atoms with Gasteiger partial charge in [-0.1, -0.05) is 6.07 Å². The van der Waals surface area contributed by atoms with Gasteiger partial charge < -0.3 is 10.1 Å². The van der Waals surface area contributed by atoms with Crippen molar-refractivity contribution >= 4 is 22.6 Å². The number of hydrogen-bond acceptors (Lipinski definition) is 2. The molecule has 0 atom stereocenters. The van der Waals surface area contributed by atoms with Crippen molar-refractivity contribution in [3.63, 3.8) is 0 Å². The average molecular weight is 331 g/mol. The lowest BCUT2D eigenvalue weighted by Crippen LogP contribution is -2.45. The second-order valence-corrected chi connectivity index (χ2v) is 5.70. The Morgan fingerprint density at radius 2 is 2.25 bits per heavy atom. The lowest BCUT2D eigenvalue weighted by atomic mass is 9.77. The van der Waals surface area contributed by atoms with Crippen LogP contribution >= 0.6 is 22.6 Å². The normalized spacial score (nSPS) is 17.9. The number of ether oxygens (including phenoxy) is 1. The van der Waals surface area contributed by atoms with Crippen LogP contribution in [-0.4, -0.2) is 19.2 Å². The summed E-state index contributed by atoms with van der Waals surface area (Å²) >= 11 is 2.32. The highest BCUT2D eigenvalue weighted by molar-refractivity contribution is 14.1. The zero-order valence-corrected chi connectivity index (χ0v) is 11.8. The maximum absolute atomic E-state index is 6.18. The minimum absolute atomic E-state index is 0.105. The Kier molecular flexibility index (Phi) is 4.08. The Labute approximate surface area is 111 Å². The number of halogens is 1. The maximum Gasteiger partial charge on any atom is 0.121 e. The predicted molar refractivity (Wildman–Crippen MR) is 74.9 cm³/mol. The second kappa shape index (κ2) is 5.36. The summed E-state index contributed by atoms with van der Waals surface area (Å²) in [5, 5.41) is 3.21. The van der Waals surface area contributed by atoms with Gasteiger partial charge in [-0.15, -0.1) is 0 Å². The van der Waals surface area contributed by atoms with Gasteiger partial charge >= 0.3 is 0 Å². The summed E-state index contributed by atoms with van der Waals surface area (Å²) in [5.41, 5.74) is 0.105. The van der Waals surface area contributed by atoms with Gasteiger partial charge in [-0.05, 0) is 80.1 Å². The lowest BCUT2D eigenvalue weighted by molar-refractivity contribution is -0.0139. The fourth-order valence-corrected chi connectivity index (χ4v) is 2.62. The van der Waals surface area contributed by atoms with Crippen molar-refractivity contribution in [3.8, 4) is 5.75 Å². The predicted octanol–water partition coefficient (Wildman–Crippen LogP) is 3.20. The minimum atomic E-state index is 0.105. The standard InChI is InChI=1S/C13H18INO/c1-15-9-8-13(6-3-7-13)16-12-5-2-4-11(14)10-12/h2,4-5,10,15H,3,6-9H2,1H3. The van der Waals surface area contributed by atoms with Crippen LogP contribution in [0.4, 0.5) is 0 Å². The average Bonchev–Trinajstić information content (AvgIpc) is 2.22. The molecule has 0 amide bonds. The van der Waals surface area contributed by atoms with Crippen LogP contribution < -0.4 is 10.1 Å². The highest BCUT2D eigenvalue weighted by atomic mass is 127. The van der Waals surface area contributed by atoms with E-state index >= 15 is 0 Å². The molecule has 3 heteroatoms. The van der Waals surface area contributed by atoms with E-state index in [1.165, 1.54) is 22.8 Å². The first kappa shape index (κ1) is 12.2. The highest BCUT2D eigenvalue weighted by Crippen LogP contribution is 2.39. The number of benzene rings is 1. The van der Waals surface area contributed by atoms with Crippen LogP contribution in [0, 0.1) is 3.57 Å². The van der Waals surface area contributed by atoms with Crippen LogP contribution in [0.1, 0.15) is 25.7 Å². The molecule has 1 aliphatic rings. The van der Waals surface area contributed by atoms with E-state index in [1.54, 1.807) is 0 Å². The summed E-state index contributed by atoms with van der Waals surface area (Å²) < 4.78 is 7.41. The van der Waals surface area contributed by atoms with Gasteiger partial charge in [-0.2, -0.15) is 0 Å². The van der Waals surface area contributed by atoms with Gasteiger partial charge in [-0.25, -0.2) is 0 Å². The number of rotatable bonds is 5. The zero-order valence-electron chi connectivity index (χ0n) is 9.63. The second-order valence-electron chi connectivity index (χ2n) is 4.45. The SMILES string of the molecule is CNCCC1(Oc2cccc(I)c2)CCC1. The van der Waals surface area contributed by atoms with Crippen molar-refractivity contribution in [1.29, 1.82) is 0 Å². The molecule has 1 aliphatic carbocycles.